The zero-order chi connectivity index (χ0) is 24.2. The first-order valence-corrected chi connectivity index (χ1v) is 11.8. The van der Waals surface area contributed by atoms with Gasteiger partial charge in [-0.25, -0.2) is 14.6 Å². The fourth-order valence-electron chi connectivity index (χ4n) is 4.23. The molecule has 0 bridgehead atoms. The number of ether oxygens (including phenoxy) is 1. The average molecular weight is 480 g/mol. The normalized spacial score (nSPS) is 16.9. The number of fused-ring (bicyclic) bond motifs is 1. The summed E-state index contributed by atoms with van der Waals surface area (Å²) in [4.78, 5) is 40.0. The quantitative estimate of drug-likeness (QED) is 0.591. The molecular formula is C24H29N7O4. The van der Waals surface area contributed by atoms with Gasteiger partial charge in [-0.15, -0.1) is 0 Å². The molecule has 184 valence electrons. The minimum atomic E-state index is -0.381. The van der Waals surface area contributed by atoms with E-state index in [1.165, 1.54) is 0 Å². The second-order valence-corrected chi connectivity index (χ2v) is 8.67. The highest BCUT2D eigenvalue weighted by Crippen LogP contribution is 2.25. The van der Waals surface area contributed by atoms with Gasteiger partial charge in [-0.05, 0) is 31.2 Å². The summed E-state index contributed by atoms with van der Waals surface area (Å²) in [6.45, 7) is 7.74. The molecule has 0 saturated carbocycles. The molecule has 2 aliphatic rings. The number of carbonyl (C=O) groups is 2. The lowest BCUT2D eigenvalue weighted by Crippen LogP contribution is -2.54. The van der Waals surface area contributed by atoms with Crippen LogP contribution in [0.4, 0.5) is 21.0 Å². The van der Waals surface area contributed by atoms with E-state index in [9.17, 15) is 9.59 Å². The summed E-state index contributed by atoms with van der Waals surface area (Å²) in [5.74, 6) is 0.574. The summed E-state index contributed by atoms with van der Waals surface area (Å²) in [6, 6.07) is 8.77. The lowest BCUT2D eigenvalue weighted by Gasteiger charge is -2.38. The predicted octanol–water partition coefficient (Wildman–Crippen LogP) is 2.75. The number of aromatic nitrogens is 2. The van der Waals surface area contributed by atoms with Gasteiger partial charge in [0.15, 0.2) is 5.58 Å². The standard InChI is InChI=1S/C24H29N7O4/c1-17-5-6-18(15-25-17)26-23(32)27-19-3-2-4-20-22(19)28-21(35-20)16-29-7-9-30(10-8-29)24(33)31-11-13-34-14-12-31/h2-6,15H,7-14,16H2,1H3,(H2,26,27,32). The first-order chi connectivity index (χ1) is 17.0. The van der Waals surface area contributed by atoms with Crippen molar-refractivity contribution in [3.05, 3.63) is 48.1 Å². The van der Waals surface area contributed by atoms with Crippen molar-refractivity contribution in [3.8, 4) is 0 Å². The molecule has 0 radical (unpaired) electrons. The number of nitrogens with one attached hydrogen (secondary N) is 2. The summed E-state index contributed by atoms with van der Waals surface area (Å²) in [7, 11) is 0. The Morgan fingerprint density at radius 3 is 2.49 bits per heavy atom. The molecule has 0 atom stereocenters. The van der Waals surface area contributed by atoms with E-state index in [1.807, 2.05) is 34.9 Å². The third-order valence-corrected chi connectivity index (χ3v) is 6.16. The molecule has 4 amide bonds. The van der Waals surface area contributed by atoms with E-state index in [0.29, 0.717) is 74.3 Å². The Kier molecular flexibility index (Phi) is 6.77. The highest BCUT2D eigenvalue weighted by atomic mass is 16.5. The number of carbonyl (C=O) groups excluding carboxylic acids is 2. The van der Waals surface area contributed by atoms with Gasteiger partial charge in [0.25, 0.3) is 0 Å². The van der Waals surface area contributed by atoms with Crippen molar-refractivity contribution in [3.63, 3.8) is 0 Å². The molecule has 0 aliphatic carbocycles. The van der Waals surface area contributed by atoms with Crippen LogP contribution in [0.3, 0.4) is 0 Å². The van der Waals surface area contributed by atoms with E-state index in [2.05, 4.69) is 25.5 Å². The molecule has 1 aromatic carbocycles. The van der Waals surface area contributed by atoms with E-state index in [1.54, 1.807) is 18.3 Å². The minimum Gasteiger partial charge on any atom is -0.439 e. The van der Waals surface area contributed by atoms with Crippen LogP contribution in [0.5, 0.6) is 0 Å². The number of benzene rings is 1. The maximum absolute atomic E-state index is 12.7. The van der Waals surface area contributed by atoms with Crippen molar-refractivity contribution in [2.24, 2.45) is 0 Å². The van der Waals surface area contributed by atoms with Crippen LogP contribution in [0.15, 0.2) is 40.9 Å². The summed E-state index contributed by atoms with van der Waals surface area (Å²) >= 11 is 0. The first-order valence-electron chi connectivity index (χ1n) is 11.8. The van der Waals surface area contributed by atoms with Gasteiger partial charge in [0.2, 0.25) is 5.89 Å². The van der Waals surface area contributed by atoms with E-state index < -0.39 is 0 Å². The monoisotopic (exact) mass is 479 g/mol. The Balaban J connectivity index is 1.18. The lowest BCUT2D eigenvalue weighted by atomic mass is 10.3. The van der Waals surface area contributed by atoms with Gasteiger partial charge in [-0.3, -0.25) is 9.88 Å². The number of urea groups is 2. The van der Waals surface area contributed by atoms with E-state index >= 15 is 0 Å². The zero-order valence-electron chi connectivity index (χ0n) is 19.7. The number of para-hydroxylation sites is 1. The van der Waals surface area contributed by atoms with Crippen LogP contribution >= 0.6 is 0 Å². The number of hydrogen-bond donors (Lipinski definition) is 2. The van der Waals surface area contributed by atoms with Crippen LogP contribution in [-0.2, 0) is 11.3 Å². The topological polar surface area (TPSA) is 116 Å². The molecule has 2 fully saturated rings. The van der Waals surface area contributed by atoms with Gasteiger partial charge in [-0.1, -0.05) is 6.07 Å². The van der Waals surface area contributed by atoms with Crippen LogP contribution in [0.1, 0.15) is 11.6 Å². The second kappa shape index (κ2) is 10.3. The molecule has 2 saturated heterocycles. The third kappa shape index (κ3) is 5.52. The van der Waals surface area contributed by atoms with Gasteiger partial charge in [-0.2, -0.15) is 0 Å². The van der Waals surface area contributed by atoms with E-state index in [0.717, 1.165) is 18.8 Å². The number of amides is 4. The maximum atomic E-state index is 12.7. The summed E-state index contributed by atoms with van der Waals surface area (Å²) in [5, 5.41) is 5.61. The minimum absolute atomic E-state index is 0.0882. The first kappa shape index (κ1) is 23.1. The Labute approximate surface area is 203 Å². The molecule has 2 N–H and O–H groups in total. The molecule has 11 heteroatoms. The van der Waals surface area contributed by atoms with Crippen molar-refractivity contribution in [2.45, 2.75) is 13.5 Å². The average Bonchev–Trinajstić information content (AvgIpc) is 3.29. The number of morpholine rings is 1. The molecule has 5 rings (SSSR count). The van der Waals surface area contributed by atoms with Crippen LogP contribution in [-0.4, -0.2) is 89.2 Å². The maximum Gasteiger partial charge on any atom is 0.323 e. The summed E-state index contributed by atoms with van der Waals surface area (Å²) in [5.41, 5.74) is 3.25. The molecule has 35 heavy (non-hydrogen) atoms. The van der Waals surface area contributed by atoms with Crippen molar-refractivity contribution in [1.29, 1.82) is 0 Å². The van der Waals surface area contributed by atoms with Crippen LogP contribution in [0.25, 0.3) is 11.1 Å². The van der Waals surface area contributed by atoms with Gasteiger partial charge in [0.1, 0.15) is 5.52 Å². The van der Waals surface area contributed by atoms with Crippen molar-refractivity contribution >= 4 is 34.5 Å². The molecule has 2 aliphatic heterocycles. The number of pyridine rings is 1. The van der Waals surface area contributed by atoms with Gasteiger partial charge < -0.3 is 29.6 Å². The number of anilines is 2. The molecule has 3 aromatic rings. The van der Waals surface area contributed by atoms with Crippen molar-refractivity contribution in [1.82, 2.24) is 24.7 Å². The number of rotatable bonds is 4. The molecule has 2 aromatic heterocycles. The van der Waals surface area contributed by atoms with Crippen molar-refractivity contribution in [2.75, 3.05) is 63.1 Å². The molecular weight excluding hydrogens is 450 g/mol. The molecule has 0 unspecified atom stereocenters. The van der Waals surface area contributed by atoms with Crippen molar-refractivity contribution < 1.29 is 18.7 Å². The Hall–Kier alpha value is -3.70. The number of aryl methyl sites for hydroxylation is 1. The smallest absolute Gasteiger partial charge is 0.323 e. The number of piperazine rings is 1. The fraction of sp³-hybridized carbons (Fsp3) is 0.417. The Bertz CT molecular complexity index is 1180. The Morgan fingerprint density at radius 2 is 1.74 bits per heavy atom. The highest BCUT2D eigenvalue weighted by Gasteiger charge is 2.27. The highest BCUT2D eigenvalue weighted by molar-refractivity contribution is 6.04. The van der Waals surface area contributed by atoms with Gasteiger partial charge in [0, 0.05) is 45.0 Å². The Morgan fingerprint density at radius 1 is 0.971 bits per heavy atom. The van der Waals surface area contributed by atoms with Crippen LogP contribution < -0.4 is 10.6 Å². The summed E-state index contributed by atoms with van der Waals surface area (Å²) in [6.07, 6.45) is 1.61. The fourth-order valence-corrected chi connectivity index (χ4v) is 4.23. The van der Waals surface area contributed by atoms with Crippen LogP contribution in [0, 0.1) is 6.92 Å². The molecule has 11 nitrogen and oxygen atoms in total. The molecule has 4 heterocycles. The van der Waals surface area contributed by atoms with Gasteiger partial charge >= 0.3 is 12.1 Å². The van der Waals surface area contributed by atoms with E-state index in [4.69, 9.17) is 9.15 Å². The number of oxazole rings is 1. The largest absolute Gasteiger partial charge is 0.439 e. The van der Waals surface area contributed by atoms with Crippen LogP contribution in [0.2, 0.25) is 0 Å². The van der Waals surface area contributed by atoms with Gasteiger partial charge in [0.05, 0.1) is 37.3 Å². The summed E-state index contributed by atoms with van der Waals surface area (Å²) < 4.78 is 11.3. The SMILES string of the molecule is Cc1ccc(NC(=O)Nc2cccc3oc(CN4CCN(C(=O)N5CCOCC5)CC4)nc23)cn1. The number of nitrogens with zero attached hydrogens (tertiary/aromatic N) is 5. The second-order valence-electron chi connectivity index (χ2n) is 8.67. The van der Waals surface area contributed by atoms with E-state index in [-0.39, 0.29) is 12.1 Å². The lowest BCUT2D eigenvalue weighted by molar-refractivity contribution is 0.0369. The predicted molar refractivity (Wildman–Crippen MR) is 130 cm³/mol. The number of hydrogen-bond acceptors (Lipinski definition) is 7. The zero-order valence-corrected chi connectivity index (χ0v) is 19.7. The third-order valence-electron chi connectivity index (χ3n) is 6.16. The molecule has 0 spiro atoms.